The number of benzene rings is 11. The Hall–Kier alpha value is -9.25. The molecule has 0 fully saturated rings. The van der Waals surface area contributed by atoms with Crippen LogP contribution in [0, 0.1) is 0 Å². The molecular formula is C82H70B2N4. The Kier molecular flexibility index (Phi) is 10.9. The second-order valence-electron chi connectivity index (χ2n) is 28.7. The maximum absolute atomic E-state index is 2.67. The van der Waals surface area contributed by atoms with E-state index in [0.29, 0.717) is 0 Å². The molecule has 0 saturated carbocycles. The van der Waals surface area contributed by atoms with Crippen molar-refractivity contribution >= 4 is 114 Å². The van der Waals surface area contributed by atoms with E-state index in [2.05, 4.69) is 305 Å². The number of nitrogens with zero attached hydrogens (tertiary/aromatic N) is 4. The van der Waals surface area contributed by atoms with E-state index < -0.39 is 0 Å². The molecule has 4 heterocycles. The number of fused-ring (bicyclic) bond motifs is 9. The van der Waals surface area contributed by atoms with Gasteiger partial charge in [0.15, 0.2) is 0 Å². The molecule has 88 heavy (non-hydrogen) atoms. The Labute approximate surface area is 519 Å². The average Bonchev–Trinajstić information content (AvgIpc) is 0.777. The Bertz CT molecular complexity index is 4740. The summed E-state index contributed by atoms with van der Waals surface area (Å²) >= 11 is 0. The molecule has 11 aromatic carbocycles. The van der Waals surface area contributed by atoms with Gasteiger partial charge in [0, 0.05) is 68.2 Å². The summed E-state index contributed by atoms with van der Waals surface area (Å²) in [6.07, 6.45) is 5.94. The van der Waals surface area contributed by atoms with Crippen molar-refractivity contribution in [1.29, 1.82) is 0 Å². The predicted molar refractivity (Wildman–Crippen MR) is 374 cm³/mol. The van der Waals surface area contributed by atoms with E-state index in [-0.39, 0.29) is 35.1 Å². The third-order valence-corrected chi connectivity index (χ3v) is 22.1. The van der Waals surface area contributed by atoms with Gasteiger partial charge < -0.3 is 19.6 Å². The van der Waals surface area contributed by atoms with E-state index in [0.717, 1.165) is 35.6 Å². The second kappa shape index (κ2) is 18.4. The standard InChI is InChI=1S/C82H70B2N4/c1-79(2)38-39-80(3,4)62-43-52(36-37-61(62)79)54-45-72-77-74(46-54)87(59-28-16-10-17-29-59)70-50-71-67(49-66(70)83(77)64-32-20-22-34-68(64)85(72)57-24-12-8-13-25-57)84-65-33-21-23-35-69(65)86(58-26-14-9-15-27-58)73-47-55(48-75(78(73)84)88(71)60-30-18-11-19-31-60)53-42-56-51-82(7)41-40-81(5,6)63(44-53)76(56)82/h8-37,42-50H,38-41,51H2,1-7H3. The molecule has 4 aliphatic heterocycles. The van der Waals surface area contributed by atoms with Crippen LogP contribution >= 0.6 is 0 Å². The first-order chi connectivity index (χ1) is 42.7. The van der Waals surface area contributed by atoms with E-state index >= 15 is 0 Å². The molecule has 7 aliphatic rings. The molecule has 0 N–H and O–H groups in total. The number of hydrogen-bond donors (Lipinski definition) is 0. The van der Waals surface area contributed by atoms with Crippen molar-refractivity contribution in [3.05, 3.63) is 264 Å². The molecule has 0 bridgehead atoms. The smallest absolute Gasteiger partial charge is 0.252 e. The maximum Gasteiger partial charge on any atom is 0.252 e. The number of hydrogen-bond acceptors (Lipinski definition) is 4. The van der Waals surface area contributed by atoms with E-state index in [1.807, 2.05) is 0 Å². The van der Waals surface area contributed by atoms with Crippen LogP contribution in [0.25, 0.3) is 22.3 Å². The molecule has 11 aromatic rings. The first kappa shape index (κ1) is 51.9. The van der Waals surface area contributed by atoms with Crippen LogP contribution in [0.1, 0.15) is 102 Å². The van der Waals surface area contributed by atoms with Gasteiger partial charge in [-0.25, -0.2) is 0 Å². The van der Waals surface area contributed by atoms with Crippen LogP contribution < -0.4 is 52.4 Å². The van der Waals surface area contributed by atoms with Crippen LogP contribution in [0.5, 0.6) is 0 Å². The van der Waals surface area contributed by atoms with Crippen LogP contribution in [0.15, 0.2) is 237 Å². The second-order valence-corrected chi connectivity index (χ2v) is 28.7. The van der Waals surface area contributed by atoms with Crippen molar-refractivity contribution in [3.63, 3.8) is 0 Å². The Morgan fingerprint density at radius 2 is 0.659 bits per heavy atom. The molecule has 0 amide bonds. The molecule has 1 unspecified atom stereocenters. The monoisotopic (exact) mass is 1130 g/mol. The summed E-state index contributed by atoms with van der Waals surface area (Å²) in [6.45, 7) is 17.1. The minimum Gasteiger partial charge on any atom is -0.311 e. The lowest BCUT2D eigenvalue weighted by molar-refractivity contribution is 0.276. The summed E-state index contributed by atoms with van der Waals surface area (Å²) in [5.74, 6) is 0. The van der Waals surface area contributed by atoms with E-state index in [1.54, 1.807) is 5.56 Å². The molecule has 0 spiro atoms. The maximum atomic E-state index is 2.67. The molecule has 3 aliphatic carbocycles. The average molecular weight is 1130 g/mol. The van der Waals surface area contributed by atoms with Crippen molar-refractivity contribution in [2.24, 2.45) is 0 Å². The summed E-state index contributed by atoms with van der Waals surface area (Å²) in [6, 6.07) is 91.4. The van der Waals surface area contributed by atoms with Gasteiger partial charge in [-0.05, 0) is 228 Å². The van der Waals surface area contributed by atoms with Crippen molar-refractivity contribution < 1.29 is 0 Å². The third kappa shape index (κ3) is 7.35. The minimum absolute atomic E-state index is 0.0533. The van der Waals surface area contributed by atoms with Gasteiger partial charge in [0.2, 0.25) is 0 Å². The van der Waals surface area contributed by atoms with Gasteiger partial charge in [-0.15, -0.1) is 0 Å². The van der Waals surface area contributed by atoms with Gasteiger partial charge in [-0.1, -0.05) is 194 Å². The van der Waals surface area contributed by atoms with Gasteiger partial charge in [0.25, 0.3) is 13.4 Å². The van der Waals surface area contributed by atoms with Gasteiger partial charge in [0.1, 0.15) is 0 Å². The zero-order valence-corrected chi connectivity index (χ0v) is 51.5. The van der Waals surface area contributed by atoms with Crippen LogP contribution in [0.4, 0.5) is 68.2 Å². The molecule has 1 atom stereocenters. The first-order valence-corrected chi connectivity index (χ1v) is 32.2. The van der Waals surface area contributed by atoms with Gasteiger partial charge in [-0.2, -0.15) is 0 Å². The van der Waals surface area contributed by atoms with Gasteiger partial charge >= 0.3 is 0 Å². The highest BCUT2D eigenvalue weighted by Gasteiger charge is 2.51. The van der Waals surface area contributed by atoms with Crippen LogP contribution in [0.3, 0.4) is 0 Å². The Morgan fingerprint density at radius 3 is 1.14 bits per heavy atom. The normalized spacial score (nSPS) is 18.6. The fourth-order valence-corrected chi connectivity index (χ4v) is 17.5. The molecule has 0 aromatic heterocycles. The lowest BCUT2D eigenvalue weighted by Crippen LogP contribution is -2.65. The van der Waals surface area contributed by atoms with E-state index in [1.165, 1.54) is 142 Å². The molecule has 4 nitrogen and oxygen atoms in total. The molecule has 6 heteroatoms. The quantitative estimate of drug-likeness (QED) is 0.154. The molecular weight excluding hydrogens is 1060 g/mol. The zero-order chi connectivity index (χ0) is 59.2. The summed E-state index contributed by atoms with van der Waals surface area (Å²) in [5.41, 5.74) is 35.4. The number of rotatable bonds is 6. The Balaban J connectivity index is 0.940. The SMILES string of the molecule is CC1(C)CCC(C)(C)c2cc(-c3cc4c5c(c3)N(c3ccccc3)c3cc6c(cc3B5c3ccccc3N4c3ccccc3)B3c4ccccc4N(c4ccccc4)c4cc(-c5cc7c8c(c5)C(C)(C)CCC8(C)C7)cc(c43)N6c3ccccc3)ccc21. The minimum atomic E-state index is -0.0883. The van der Waals surface area contributed by atoms with Crippen LogP contribution in [-0.2, 0) is 28.1 Å². The summed E-state index contributed by atoms with van der Waals surface area (Å²) in [4.78, 5) is 10.4. The zero-order valence-electron chi connectivity index (χ0n) is 51.5. The van der Waals surface area contributed by atoms with Crippen molar-refractivity contribution in [1.82, 2.24) is 0 Å². The van der Waals surface area contributed by atoms with E-state index in [4.69, 9.17) is 0 Å². The largest absolute Gasteiger partial charge is 0.311 e. The van der Waals surface area contributed by atoms with Crippen molar-refractivity contribution in [2.75, 3.05) is 19.6 Å². The highest BCUT2D eigenvalue weighted by Crippen LogP contribution is 2.57. The Morgan fingerprint density at radius 1 is 0.284 bits per heavy atom. The summed E-state index contributed by atoms with van der Waals surface area (Å²) < 4.78 is 0. The number of para-hydroxylation sites is 6. The summed E-state index contributed by atoms with van der Waals surface area (Å²) in [7, 11) is 0. The van der Waals surface area contributed by atoms with Crippen molar-refractivity contribution in [3.8, 4) is 22.3 Å². The van der Waals surface area contributed by atoms with E-state index in [9.17, 15) is 0 Å². The highest BCUT2D eigenvalue weighted by molar-refractivity contribution is 7.03. The lowest BCUT2D eigenvalue weighted by Gasteiger charge is -2.51. The lowest BCUT2D eigenvalue weighted by atomic mass is 9.30. The third-order valence-electron chi connectivity index (χ3n) is 22.1. The molecule has 0 radical (unpaired) electrons. The first-order valence-electron chi connectivity index (χ1n) is 32.2. The van der Waals surface area contributed by atoms with Crippen molar-refractivity contribution in [2.45, 2.75) is 102 Å². The molecule has 0 saturated heterocycles. The number of anilines is 12. The summed E-state index contributed by atoms with van der Waals surface area (Å²) in [5, 5.41) is 0. The van der Waals surface area contributed by atoms with Gasteiger partial charge in [0.05, 0.1) is 0 Å². The molecule has 18 rings (SSSR count). The fraction of sp³-hybridized carbons (Fsp3) is 0.195. The van der Waals surface area contributed by atoms with Gasteiger partial charge in [-0.3, -0.25) is 0 Å². The highest BCUT2D eigenvalue weighted by atomic mass is 15.2. The molecule has 424 valence electrons. The topological polar surface area (TPSA) is 13.0 Å². The fourth-order valence-electron chi connectivity index (χ4n) is 17.5. The van der Waals surface area contributed by atoms with Crippen LogP contribution in [-0.4, -0.2) is 13.4 Å². The van der Waals surface area contributed by atoms with Crippen LogP contribution in [0.2, 0.25) is 0 Å². The predicted octanol–water partition coefficient (Wildman–Crippen LogP) is 17.4.